The zero-order valence-corrected chi connectivity index (χ0v) is 10.00. The highest BCUT2D eigenvalue weighted by Crippen LogP contribution is 2.20. The van der Waals surface area contributed by atoms with Crippen molar-refractivity contribution in [1.29, 1.82) is 0 Å². The van der Waals surface area contributed by atoms with Crippen molar-refractivity contribution in [3.63, 3.8) is 0 Å². The van der Waals surface area contributed by atoms with E-state index in [1.54, 1.807) is 0 Å². The number of carbonyl (C=O) groups excluding carboxylic acids is 1. The number of aromatic nitrogens is 2. The van der Waals surface area contributed by atoms with Crippen molar-refractivity contribution in [2.75, 3.05) is 13.1 Å². The predicted molar refractivity (Wildman–Crippen MR) is 60.3 cm³/mol. The Kier molecular flexibility index (Phi) is 4.07. The Balaban J connectivity index is 1.90. The maximum atomic E-state index is 11.6. The number of amides is 1. The number of carboxylic acid groups (broad SMARTS) is 1. The second kappa shape index (κ2) is 5.76. The largest absolute Gasteiger partial charge is 0.479 e. The van der Waals surface area contributed by atoms with Gasteiger partial charge >= 0.3 is 5.97 Å². The molecule has 1 aromatic heterocycles. The van der Waals surface area contributed by atoms with Crippen molar-refractivity contribution in [3.05, 3.63) is 11.7 Å². The molecule has 0 saturated carbocycles. The third kappa shape index (κ3) is 3.26. The third-order valence-electron chi connectivity index (χ3n) is 2.74. The lowest BCUT2D eigenvalue weighted by Crippen LogP contribution is -2.36. The SMILES string of the molecule is O=C(NCC(O)C(=O)O)c1noc(C2CCCN2)n1. The van der Waals surface area contributed by atoms with Crippen LogP contribution in [0.25, 0.3) is 0 Å². The Bertz CT molecular complexity index is 468. The van der Waals surface area contributed by atoms with Crippen LogP contribution in [-0.2, 0) is 4.79 Å². The molecule has 0 bridgehead atoms. The summed E-state index contributed by atoms with van der Waals surface area (Å²) in [6.45, 7) is 0.444. The molecule has 9 heteroatoms. The average molecular weight is 270 g/mol. The van der Waals surface area contributed by atoms with E-state index >= 15 is 0 Å². The van der Waals surface area contributed by atoms with E-state index in [2.05, 4.69) is 20.8 Å². The first-order valence-corrected chi connectivity index (χ1v) is 5.84. The van der Waals surface area contributed by atoms with Crippen LogP contribution in [0.5, 0.6) is 0 Å². The molecule has 9 nitrogen and oxygen atoms in total. The lowest BCUT2D eigenvalue weighted by molar-refractivity contribution is -0.146. The van der Waals surface area contributed by atoms with Gasteiger partial charge in [-0.05, 0) is 19.4 Å². The van der Waals surface area contributed by atoms with Gasteiger partial charge in [-0.25, -0.2) is 4.79 Å². The van der Waals surface area contributed by atoms with Crippen LogP contribution >= 0.6 is 0 Å². The standard InChI is InChI=1S/C10H14N4O5/c15-6(10(17)18)4-12-8(16)7-13-9(19-14-7)5-2-1-3-11-5/h5-6,11,15H,1-4H2,(H,12,16)(H,17,18). The van der Waals surface area contributed by atoms with E-state index < -0.39 is 24.5 Å². The number of nitrogens with one attached hydrogen (secondary N) is 2. The zero-order chi connectivity index (χ0) is 13.8. The van der Waals surface area contributed by atoms with Gasteiger partial charge in [0, 0.05) is 0 Å². The lowest BCUT2D eigenvalue weighted by atomic mass is 10.2. The Morgan fingerprint density at radius 3 is 3.00 bits per heavy atom. The van der Waals surface area contributed by atoms with Crippen molar-refractivity contribution < 1.29 is 24.3 Å². The average Bonchev–Trinajstić information content (AvgIpc) is 3.04. The number of carbonyl (C=O) groups is 2. The van der Waals surface area contributed by atoms with E-state index in [1.807, 2.05) is 0 Å². The van der Waals surface area contributed by atoms with Crippen LogP contribution in [-0.4, -0.2) is 51.4 Å². The molecule has 2 unspecified atom stereocenters. The second-order valence-electron chi connectivity index (χ2n) is 4.17. The highest BCUT2D eigenvalue weighted by atomic mass is 16.5. The number of aliphatic hydroxyl groups is 1. The second-order valence-corrected chi connectivity index (χ2v) is 4.17. The van der Waals surface area contributed by atoms with Crippen LogP contribution in [0, 0.1) is 0 Å². The highest BCUT2D eigenvalue weighted by Gasteiger charge is 2.24. The van der Waals surface area contributed by atoms with Crippen molar-refractivity contribution in [1.82, 2.24) is 20.8 Å². The van der Waals surface area contributed by atoms with E-state index in [0.717, 1.165) is 19.4 Å². The van der Waals surface area contributed by atoms with Crippen LogP contribution in [0.3, 0.4) is 0 Å². The van der Waals surface area contributed by atoms with E-state index in [1.165, 1.54) is 0 Å². The number of rotatable bonds is 5. The summed E-state index contributed by atoms with van der Waals surface area (Å²) in [5.74, 6) is -1.94. The third-order valence-corrected chi connectivity index (χ3v) is 2.74. The molecule has 1 aliphatic rings. The van der Waals surface area contributed by atoms with Gasteiger partial charge in [0.25, 0.3) is 11.7 Å². The van der Waals surface area contributed by atoms with Crippen LogP contribution in [0.1, 0.15) is 35.4 Å². The number of hydrogen-bond acceptors (Lipinski definition) is 7. The fourth-order valence-electron chi connectivity index (χ4n) is 1.72. The van der Waals surface area contributed by atoms with Crippen molar-refractivity contribution >= 4 is 11.9 Å². The molecule has 2 heterocycles. The van der Waals surface area contributed by atoms with Crippen molar-refractivity contribution in [2.45, 2.75) is 25.0 Å². The van der Waals surface area contributed by atoms with Gasteiger partial charge in [0.2, 0.25) is 5.89 Å². The molecule has 4 N–H and O–H groups in total. The van der Waals surface area contributed by atoms with Crippen molar-refractivity contribution in [2.24, 2.45) is 0 Å². The Hall–Kier alpha value is -2.00. The molecule has 2 rings (SSSR count). The molecule has 0 aliphatic carbocycles. The predicted octanol–water partition coefficient (Wildman–Crippen LogP) is -1.33. The maximum Gasteiger partial charge on any atom is 0.334 e. The molecular weight excluding hydrogens is 256 g/mol. The fourth-order valence-corrected chi connectivity index (χ4v) is 1.72. The molecule has 1 fully saturated rings. The van der Waals surface area contributed by atoms with Gasteiger partial charge in [0.1, 0.15) is 0 Å². The van der Waals surface area contributed by atoms with Gasteiger partial charge in [-0.3, -0.25) is 4.79 Å². The summed E-state index contributed by atoms with van der Waals surface area (Å²) in [7, 11) is 0. The number of carboxylic acids is 1. The van der Waals surface area contributed by atoms with E-state index in [0.29, 0.717) is 5.89 Å². The van der Waals surface area contributed by atoms with Crippen molar-refractivity contribution in [3.8, 4) is 0 Å². The van der Waals surface area contributed by atoms with E-state index in [4.69, 9.17) is 14.7 Å². The normalized spacial score (nSPS) is 20.2. The number of hydrogen-bond donors (Lipinski definition) is 4. The van der Waals surface area contributed by atoms with Gasteiger partial charge in [-0.1, -0.05) is 5.16 Å². The Labute approximate surface area is 108 Å². The highest BCUT2D eigenvalue weighted by molar-refractivity contribution is 5.90. The van der Waals surface area contributed by atoms with Gasteiger partial charge in [-0.2, -0.15) is 4.98 Å². The molecule has 0 spiro atoms. The van der Waals surface area contributed by atoms with Crippen LogP contribution < -0.4 is 10.6 Å². The van der Waals surface area contributed by atoms with E-state index in [9.17, 15) is 9.59 Å². The first-order valence-electron chi connectivity index (χ1n) is 5.84. The summed E-state index contributed by atoms with van der Waals surface area (Å²) in [6.07, 6.45) is 0.201. The molecular formula is C10H14N4O5. The van der Waals surface area contributed by atoms with Crippen LogP contribution in [0.4, 0.5) is 0 Å². The number of nitrogens with zero attached hydrogens (tertiary/aromatic N) is 2. The summed E-state index contributed by atoms with van der Waals surface area (Å²) in [6, 6.07) is -0.0429. The van der Waals surface area contributed by atoms with Gasteiger partial charge in [0.15, 0.2) is 6.10 Å². The minimum Gasteiger partial charge on any atom is -0.479 e. The minimum atomic E-state index is -1.66. The summed E-state index contributed by atoms with van der Waals surface area (Å²) in [4.78, 5) is 25.9. The molecule has 1 saturated heterocycles. The zero-order valence-electron chi connectivity index (χ0n) is 10.00. The van der Waals surface area contributed by atoms with Gasteiger partial charge in [-0.15, -0.1) is 0 Å². The van der Waals surface area contributed by atoms with Gasteiger partial charge < -0.3 is 25.4 Å². The van der Waals surface area contributed by atoms with Gasteiger partial charge in [0.05, 0.1) is 12.6 Å². The molecule has 104 valence electrons. The molecule has 1 amide bonds. The molecule has 0 aromatic carbocycles. The quantitative estimate of drug-likeness (QED) is 0.516. The maximum absolute atomic E-state index is 11.6. The first-order chi connectivity index (χ1) is 9.08. The molecule has 2 atom stereocenters. The minimum absolute atomic E-state index is 0.0429. The van der Waals surface area contributed by atoms with E-state index in [-0.39, 0.29) is 11.9 Å². The Morgan fingerprint density at radius 2 is 2.37 bits per heavy atom. The summed E-state index contributed by atoms with van der Waals surface area (Å²) in [5.41, 5.74) is 0. The molecule has 1 aromatic rings. The summed E-state index contributed by atoms with van der Waals surface area (Å²) < 4.78 is 4.96. The monoisotopic (exact) mass is 270 g/mol. The molecule has 1 aliphatic heterocycles. The molecule has 19 heavy (non-hydrogen) atoms. The Morgan fingerprint density at radius 1 is 1.58 bits per heavy atom. The smallest absolute Gasteiger partial charge is 0.334 e. The fraction of sp³-hybridized carbons (Fsp3) is 0.600. The lowest BCUT2D eigenvalue weighted by Gasteiger charge is -2.05. The number of aliphatic hydroxyl groups excluding tert-OH is 1. The number of aliphatic carboxylic acids is 1. The topological polar surface area (TPSA) is 138 Å². The molecule has 0 radical (unpaired) electrons. The first kappa shape index (κ1) is 13.4. The summed E-state index contributed by atoms with van der Waals surface area (Å²) >= 11 is 0. The van der Waals surface area contributed by atoms with Crippen LogP contribution in [0.15, 0.2) is 4.52 Å². The van der Waals surface area contributed by atoms with Crippen LogP contribution in [0.2, 0.25) is 0 Å². The summed E-state index contributed by atoms with van der Waals surface area (Å²) in [5, 5.41) is 26.3.